The smallest absolute Gasteiger partial charge is 0.323 e. The van der Waals surface area contributed by atoms with Crippen LogP contribution >= 0.6 is 0 Å². The van der Waals surface area contributed by atoms with Crippen molar-refractivity contribution in [1.82, 2.24) is 4.90 Å². The van der Waals surface area contributed by atoms with Crippen LogP contribution in [0.2, 0.25) is 0 Å². The predicted molar refractivity (Wildman–Crippen MR) is 63.4 cm³/mol. The van der Waals surface area contributed by atoms with Crippen LogP contribution in [0.4, 0.5) is 0 Å². The van der Waals surface area contributed by atoms with E-state index < -0.39 is 11.5 Å². The maximum atomic E-state index is 11.6. The number of hydrogen-bond acceptors (Lipinski definition) is 2. The van der Waals surface area contributed by atoms with Crippen molar-refractivity contribution in [3.63, 3.8) is 0 Å². The summed E-state index contributed by atoms with van der Waals surface area (Å²) in [6.07, 6.45) is 8.19. The van der Waals surface area contributed by atoms with Crippen molar-refractivity contribution in [1.29, 1.82) is 0 Å². The van der Waals surface area contributed by atoms with Crippen LogP contribution in [0.15, 0.2) is 0 Å². The number of carboxylic acid groups (broad SMARTS) is 1. The van der Waals surface area contributed by atoms with Gasteiger partial charge >= 0.3 is 5.97 Å². The first-order valence-corrected chi connectivity index (χ1v) is 6.61. The van der Waals surface area contributed by atoms with Crippen LogP contribution in [0.3, 0.4) is 0 Å². The largest absolute Gasteiger partial charge is 0.480 e. The molecule has 0 aromatic heterocycles. The molecule has 1 heterocycles. The molecule has 0 radical (unpaired) electrons. The molecule has 1 atom stereocenters. The maximum Gasteiger partial charge on any atom is 0.323 e. The van der Waals surface area contributed by atoms with Crippen LogP contribution in [0.25, 0.3) is 0 Å². The van der Waals surface area contributed by atoms with E-state index in [0.29, 0.717) is 5.92 Å². The Morgan fingerprint density at radius 3 is 2.31 bits per heavy atom. The van der Waals surface area contributed by atoms with Crippen LogP contribution in [-0.2, 0) is 4.79 Å². The highest BCUT2D eigenvalue weighted by atomic mass is 16.4. The number of carboxylic acids is 1. The summed E-state index contributed by atoms with van der Waals surface area (Å²) in [7, 11) is 0. The first-order chi connectivity index (χ1) is 7.63. The van der Waals surface area contributed by atoms with Crippen LogP contribution in [-0.4, -0.2) is 34.6 Å². The van der Waals surface area contributed by atoms with Gasteiger partial charge in [0.1, 0.15) is 5.54 Å². The summed E-state index contributed by atoms with van der Waals surface area (Å²) in [5, 5.41) is 9.51. The summed E-state index contributed by atoms with van der Waals surface area (Å²) in [4.78, 5) is 13.8. The lowest BCUT2D eigenvalue weighted by Gasteiger charge is -2.43. The van der Waals surface area contributed by atoms with Crippen molar-refractivity contribution in [3.8, 4) is 0 Å². The lowest BCUT2D eigenvalue weighted by Crippen LogP contribution is -2.55. The molecule has 2 rings (SSSR count). The molecule has 0 amide bonds. The van der Waals surface area contributed by atoms with E-state index in [0.717, 1.165) is 32.4 Å². The van der Waals surface area contributed by atoms with Crippen molar-refractivity contribution >= 4 is 5.97 Å². The second-order valence-corrected chi connectivity index (χ2v) is 5.63. The number of hydrogen-bond donors (Lipinski definition) is 1. The van der Waals surface area contributed by atoms with Gasteiger partial charge in [-0.3, -0.25) is 9.69 Å². The van der Waals surface area contributed by atoms with E-state index in [9.17, 15) is 9.90 Å². The first-order valence-electron chi connectivity index (χ1n) is 6.61. The van der Waals surface area contributed by atoms with E-state index in [-0.39, 0.29) is 0 Å². The highest BCUT2D eigenvalue weighted by Gasteiger charge is 2.42. The van der Waals surface area contributed by atoms with Gasteiger partial charge < -0.3 is 5.11 Å². The van der Waals surface area contributed by atoms with Gasteiger partial charge in [0.2, 0.25) is 0 Å². The van der Waals surface area contributed by atoms with Crippen LogP contribution in [0, 0.1) is 5.92 Å². The lowest BCUT2D eigenvalue weighted by molar-refractivity contribution is -0.153. The Morgan fingerprint density at radius 2 is 1.88 bits per heavy atom. The Morgan fingerprint density at radius 1 is 1.25 bits per heavy atom. The van der Waals surface area contributed by atoms with E-state index >= 15 is 0 Å². The van der Waals surface area contributed by atoms with Crippen molar-refractivity contribution in [2.24, 2.45) is 5.92 Å². The molecule has 1 aliphatic heterocycles. The summed E-state index contributed by atoms with van der Waals surface area (Å²) >= 11 is 0. The number of rotatable bonds is 4. The number of likely N-dealkylation sites (tertiary alicyclic amines) is 1. The third-order valence-corrected chi connectivity index (χ3v) is 4.43. The zero-order valence-electron chi connectivity index (χ0n) is 10.2. The van der Waals surface area contributed by atoms with Gasteiger partial charge in [0.25, 0.3) is 0 Å². The van der Waals surface area contributed by atoms with Gasteiger partial charge in [-0.2, -0.15) is 0 Å². The van der Waals surface area contributed by atoms with Gasteiger partial charge in [-0.25, -0.2) is 0 Å². The molecule has 16 heavy (non-hydrogen) atoms. The van der Waals surface area contributed by atoms with Gasteiger partial charge in [-0.1, -0.05) is 25.7 Å². The quantitative estimate of drug-likeness (QED) is 0.799. The zero-order valence-corrected chi connectivity index (χ0v) is 10.2. The fourth-order valence-corrected chi connectivity index (χ4v) is 3.00. The predicted octanol–water partition coefficient (Wildman–Crippen LogP) is 2.51. The molecule has 3 nitrogen and oxygen atoms in total. The third-order valence-electron chi connectivity index (χ3n) is 4.43. The van der Waals surface area contributed by atoms with E-state index in [4.69, 9.17) is 0 Å². The van der Waals surface area contributed by atoms with Crippen molar-refractivity contribution < 1.29 is 9.90 Å². The van der Waals surface area contributed by atoms with E-state index in [1.807, 2.05) is 6.92 Å². The number of nitrogens with zero attached hydrogens (tertiary/aromatic N) is 1. The summed E-state index contributed by atoms with van der Waals surface area (Å²) in [6, 6.07) is 0. The normalized spacial score (nSPS) is 27.1. The van der Waals surface area contributed by atoms with Gasteiger partial charge in [0.15, 0.2) is 0 Å². The fraction of sp³-hybridized carbons (Fsp3) is 0.923. The zero-order chi connectivity index (χ0) is 11.6. The molecule has 0 aromatic rings. The molecule has 1 N–H and O–H groups in total. The summed E-state index contributed by atoms with van der Waals surface area (Å²) < 4.78 is 0. The molecule has 1 unspecified atom stereocenters. The Balaban J connectivity index is 2.03. The van der Waals surface area contributed by atoms with Crippen molar-refractivity contribution in [2.45, 2.75) is 57.4 Å². The van der Waals surface area contributed by atoms with E-state index in [1.165, 1.54) is 25.7 Å². The molecule has 1 aliphatic carbocycles. The molecule has 1 saturated carbocycles. The van der Waals surface area contributed by atoms with Gasteiger partial charge in [0, 0.05) is 0 Å². The summed E-state index contributed by atoms with van der Waals surface area (Å²) in [5.74, 6) is 0.0318. The van der Waals surface area contributed by atoms with E-state index in [1.54, 1.807) is 0 Å². The highest BCUT2D eigenvalue weighted by molar-refractivity contribution is 5.78. The monoisotopic (exact) mass is 225 g/mol. The summed E-state index contributed by atoms with van der Waals surface area (Å²) in [5.41, 5.74) is -0.606. The number of carbonyl (C=O) groups is 1. The standard InChI is InChI=1S/C13H23NO2/c1-13(12(15)16,10-11-6-5-7-11)14-8-3-2-4-9-14/h11H,2-10H2,1H3,(H,15,16). The molecule has 1 saturated heterocycles. The molecule has 0 spiro atoms. The van der Waals surface area contributed by atoms with Crippen LogP contribution in [0.5, 0.6) is 0 Å². The maximum absolute atomic E-state index is 11.6. The molecule has 3 heteroatoms. The lowest BCUT2D eigenvalue weighted by atomic mass is 9.75. The van der Waals surface area contributed by atoms with Gasteiger partial charge in [0.05, 0.1) is 0 Å². The Bertz CT molecular complexity index is 257. The molecule has 2 aliphatic rings. The minimum atomic E-state index is -0.624. The minimum absolute atomic E-state index is 0.606. The molecule has 92 valence electrons. The third kappa shape index (κ3) is 2.24. The molecule has 0 aromatic carbocycles. The number of piperidine rings is 1. The molecular formula is C13H23NO2. The minimum Gasteiger partial charge on any atom is -0.480 e. The van der Waals surface area contributed by atoms with Gasteiger partial charge in [-0.15, -0.1) is 0 Å². The molecule has 0 bridgehead atoms. The van der Waals surface area contributed by atoms with Crippen molar-refractivity contribution in [3.05, 3.63) is 0 Å². The number of aliphatic carboxylic acids is 1. The Labute approximate surface area is 97.8 Å². The average molecular weight is 225 g/mol. The SMILES string of the molecule is CC(CC1CCC1)(C(=O)O)N1CCCCC1. The van der Waals surface area contributed by atoms with E-state index in [2.05, 4.69) is 4.90 Å². The highest BCUT2D eigenvalue weighted by Crippen LogP contribution is 2.37. The second kappa shape index (κ2) is 4.74. The average Bonchev–Trinajstić information content (AvgIpc) is 2.24. The topological polar surface area (TPSA) is 40.5 Å². The summed E-state index contributed by atoms with van der Waals surface area (Å²) in [6.45, 7) is 3.87. The fourth-order valence-electron chi connectivity index (χ4n) is 3.00. The van der Waals surface area contributed by atoms with Gasteiger partial charge in [-0.05, 0) is 45.2 Å². The molecule has 2 fully saturated rings. The van der Waals surface area contributed by atoms with Crippen LogP contribution in [0.1, 0.15) is 51.9 Å². The Kier molecular flexibility index (Phi) is 3.53. The van der Waals surface area contributed by atoms with Crippen molar-refractivity contribution in [2.75, 3.05) is 13.1 Å². The Hall–Kier alpha value is -0.570. The second-order valence-electron chi connectivity index (χ2n) is 5.63. The molecular weight excluding hydrogens is 202 g/mol. The van der Waals surface area contributed by atoms with Crippen LogP contribution < -0.4 is 0 Å². The first kappa shape index (κ1) is 11.9.